The van der Waals surface area contributed by atoms with Gasteiger partial charge >= 0.3 is 6.18 Å². The fraction of sp³-hybridized carbons (Fsp3) is 0.409. The van der Waals surface area contributed by atoms with E-state index in [0.717, 1.165) is 12.8 Å². The van der Waals surface area contributed by atoms with Gasteiger partial charge in [0, 0.05) is 25.5 Å². The van der Waals surface area contributed by atoms with Crippen molar-refractivity contribution in [3.8, 4) is 5.69 Å². The lowest BCUT2D eigenvalue weighted by molar-refractivity contribution is -0.138. The molecule has 2 atom stereocenters. The summed E-state index contributed by atoms with van der Waals surface area (Å²) in [6, 6.07) is 2.18. The highest BCUT2D eigenvalue weighted by atomic mass is 19.4. The molecule has 1 amide bonds. The fourth-order valence-corrected chi connectivity index (χ4v) is 4.22. The number of anilines is 1. The SMILES string of the molecule is Cc1cc(F)cc(C(=O)N2CCC[C@@H](C)C2CNc2ncc(C(F)(F)F)cn2)c1-n1nccn1. The molecule has 1 unspecified atom stereocenters. The number of hydrogen-bond acceptors (Lipinski definition) is 6. The Kier molecular flexibility index (Phi) is 6.49. The minimum absolute atomic E-state index is 0.0289. The Morgan fingerprint density at radius 3 is 2.50 bits per heavy atom. The van der Waals surface area contributed by atoms with Crippen LogP contribution < -0.4 is 5.32 Å². The first-order valence-corrected chi connectivity index (χ1v) is 10.8. The van der Waals surface area contributed by atoms with Crippen LogP contribution in [0, 0.1) is 18.7 Å². The van der Waals surface area contributed by atoms with E-state index in [1.165, 1.54) is 29.3 Å². The molecule has 1 fully saturated rings. The maximum absolute atomic E-state index is 14.3. The number of carbonyl (C=O) groups is 1. The second kappa shape index (κ2) is 9.35. The summed E-state index contributed by atoms with van der Waals surface area (Å²) in [5.41, 5.74) is 0.102. The van der Waals surface area contributed by atoms with Crippen LogP contribution in [-0.4, -0.2) is 54.9 Å². The monoisotopic (exact) mass is 477 g/mol. The summed E-state index contributed by atoms with van der Waals surface area (Å²) in [5, 5.41) is 11.1. The van der Waals surface area contributed by atoms with E-state index in [1.807, 2.05) is 6.92 Å². The number of alkyl halides is 3. The zero-order valence-electron chi connectivity index (χ0n) is 18.6. The summed E-state index contributed by atoms with van der Waals surface area (Å²) in [6.07, 6.45) is 1.46. The molecule has 1 aliphatic heterocycles. The number of halogens is 4. The maximum Gasteiger partial charge on any atom is 0.419 e. The predicted octanol–water partition coefficient (Wildman–Crippen LogP) is 3.88. The van der Waals surface area contributed by atoms with Crippen molar-refractivity contribution in [3.05, 3.63) is 59.4 Å². The standard InChI is InChI=1S/C22H23F4N7O/c1-13-4-3-7-32(18(13)12-29-21-27-10-15(11-28-21)22(24,25)26)20(34)17-9-16(23)8-14(2)19(17)33-30-5-6-31-33/h5-6,8-11,13,18H,3-4,7,12H2,1-2H3,(H,27,28,29)/t13-,18?/m1/s1. The van der Waals surface area contributed by atoms with Gasteiger partial charge in [0.05, 0.1) is 29.6 Å². The van der Waals surface area contributed by atoms with Crippen molar-refractivity contribution >= 4 is 11.9 Å². The molecule has 1 saturated heterocycles. The highest BCUT2D eigenvalue weighted by Gasteiger charge is 2.35. The molecular formula is C22H23F4N7O. The van der Waals surface area contributed by atoms with Crippen LogP contribution in [0.15, 0.2) is 36.9 Å². The zero-order valence-corrected chi connectivity index (χ0v) is 18.6. The highest BCUT2D eigenvalue weighted by molar-refractivity contribution is 5.98. The van der Waals surface area contributed by atoms with Crippen molar-refractivity contribution in [2.45, 2.75) is 38.9 Å². The van der Waals surface area contributed by atoms with E-state index in [4.69, 9.17) is 0 Å². The first kappa shape index (κ1) is 23.6. The molecule has 8 nitrogen and oxygen atoms in total. The third-order valence-electron chi connectivity index (χ3n) is 5.94. The summed E-state index contributed by atoms with van der Waals surface area (Å²) >= 11 is 0. The van der Waals surface area contributed by atoms with Crippen LogP contribution in [0.1, 0.15) is 41.3 Å². The largest absolute Gasteiger partial charge is 0.419 e. The molecule has 3 aromatic rings. The first-order valence-electron chi connectivity index (χ1n) is 10.8. The van der Waals surface area contributed by atoms with Gasteiger partial charge in [0.25, 0.3) is 5.91 Å². The quantitative estimate of drug-likeness (QED) is 0.562. The second-order valence-corrected chi connectivity index (χ2v) is 8.30. The summed E-state index contributed by atoms with van der Waals surface area (Å²) in [4.78, 5) is 24.1. The van der Waals surface area contributed by atoms with Crippen LogP contribution >= 0.6 is 0 Å². The Hall–Kier alpha value is -3.57. The van der Waals surface area contributed by atoms with Crippen molar-refractivity contribution in [2.75, 3.05) is 18.4 Å². The number of benzene rings is 1. The minimum Gasteiger partial charge on any atom is -0.352 e. The van der Waals surface area contributed by atoms with Crippen molar-refractivity contribution in [3.63, 3.8) is 0 Å². The van der Waals surface area contributed by atoms with E-state index in [1.54, 1.807) is 11.8 Å². The number of likely N-dealkylation sites (tertiary alicyclic amines) is 1. The Balaban J connectivity index is 1.59. The molecule has 1 N–H and O–H groups in total. The molecule has 4 rings (SSSR count). The molecule has 12 heteroatoms. The Morgan fingerprint density at radius 1 is 1.18 bits per heavy atom. The van der Waals surface area contributed by atoms with Gasteiger partial charge in [-0.1, -0.05) is 6.92 Å². The van der Waals surface area contributed by atoms with E-state index in [9.17, 15) is 22.4 Å². The van der Waals surface area contributed by atoms with E-state index < -0.39 is 17.6 Å². The fourth-order valence-electron chi connectivity index (χ4n) is 4.22. The van der Waals surface area contributed by atoms with Crippen LogP contribution in [0.4, 0.5) is 23.5 Å². The number of amides is 1. The van der Waals surface area contributed by atoms with Crippen molar-refractivity contribution < 1.29 is 22.4 Å². The molecule has 34 heavy (non-hydrogen) atoms. The topological polar surface area (TPSA) is 88.8 Å². The molecule has 0 bridgehead atoms. The van der Waals surface area contributed by atoms with E-state index in [2.05, 4.69) is 25.5 Å². The summed E-state index contributed by atoms with van der Waals surface area (Å²) < 4.78 is 52.6. The number of carbonyl (C=O) groups excluding carboxylic acids is 1. The number of hydrogen-bond donors (Lipinski definition) is 1. The average Bonchev–Trinajstić information content (AvgIpc) is 3.31. The number of nitrogens with zero attached hydrogens (tertiary/aromatic N) is 6. The van der Waals surface area contributed by atoms with E-state index >= 15 is 0 Å². The molecule has 3 heterocycles. The van der Waals surface area contributed by atoms with E-state index in [-0.39, 0.29) is 35.9 Å². The van der Waals surface area contributed by atoms with Gasteiger partial charge in [-0.2, -0.15) is 28.2 Å². The average molecular weight is 477 g/mol. The third kappa shape index (κ3) is 4.85. The smallest absolute Gasteiger partial charge is 0.352 e. The molecule has 0 aliphatic carbocycles. The number of piperidine rings is 1. The highest BCUT2D eigenvalue weighted by Crippen LogP contribution is 2.30. The molecule has 0 spiro atoms. The summed E-state index contributed by atoms with van der Waals surface area (Å²) in [5.74, 6) is -0.807. The molecule has 0 saturated carbocycles. The molecular weight excluding hydrogens is 454 g/mol. The van der Waals surface area contributed by atoms with E-state index in [0.29, 0.717) is 30.2 Å². The number of aryl methyl sites for hydroxylation is 1. The molecule has 2 aromatic heterocycles. The summed E-state index contributed by atoms with van der Waals surface area (Å²) in [7, 11) is 0. The molecule has 180 valence electrons. The van der Waals surface area contributed by atoms with Gasteiger partial charge in [0.2, 0.25) is 5.95 Å². The van der Waals surface area contributed by atoms with Crippen LogP contribution in [0.3, 0.4) is 0 Å². The van der Waals surface area contributed by atoms with Crippen LogP contribution in [0.5, 0.6) is 0 Å². The predicted molar refractivity (Wildman–Crippen MR) is 115 cm³/mol. The van der Waals surface area contributed by atoms with Gasteiger partial charge in [-0.3, -0.25) is 4.79 Å². The van der Waals surface area contributed by atoms with Gasteiger partial charge in [0.15, 0.2) is 0 Å². The Morgan fingerprint density at radius 2 is 1.85 bits per heavy atom. The normalized spacial score (nSPS) is 18.7. The number of aromatic nitrogens is 5. The Labute approximate surface area is 193 Å². The molecule has 1 aromatic carbocycles. The van der Waals surface area contributed by atoms with Crippen LogP contribution in [0.25, 0.3) is 5.69 Å². The van der Waals surface area contributed by atoms with Crippen molar-refractivity contribution in [1.29, 1.82) is 0 Å². The maximum atomic E-state index is 14.3. The number of nitrogens with one attached hydrogen (secondary N) is 1. The first-order chi connectivity index (χ1) is 16.1. The lowest BCUT2D eigenvalue weighted by atomic mass is 9.89. The lowest BCUT2D eigenvalue weighted by Gasteiger charge is -2.40. The molecule has 0 radical (unpaired) electrons. The van der Waals surface area contributed by atoms with Gasteiger partial charge in [0.1, 0.15) is 11.5 Å². The van der Waals surface area contributed by atoms with Crippen LogP contribution in [-0.2, 0) is 6.18 Å². The second-order valence-electron chi connectivity index (χ2n) is 8.30. The van der Waals surface area contributed by atoms with Gasteiger partial charge in [-0.05, 0) is 43.4 Å². The van der Waals surface area contributed by atoms with Crippen molar-refractivity contribution in [2.24, 2.45) is 5.92 Å². The summed E-state index contributed by atoms with van der Waals surface area (Å²) in [6.45, 7) is 4.34. The van der Waals surface area contributed by atoms with Gasteiger partial charge < -0.3 is 10.2 Å². The van der Waals surface area contributed by atoms with Crippen molar-refractivity contribution in [1.82, 2.24) is 29.9 Å². The zero-order chi connectivity index (χ0) is 24.5. The van der Waals surface area contributed by atoms with Gasteiger partial charge in [-0.15, -0.1) is 0 Å². The minimum atomic E-state index is -4.52. The number of rotatable bonds is 5. The third-order valence-corrected chi connectivity index (χ3v) is 5.94. The van der Waals surface area contributed by atoms with Crippen LogP contribution in [0.2, 0.25) is 0 Å². The lowest BCUT2D eigenvalue weighted by Crippen LogP contribution is -2.51. The Bertz CT molecular complexity index is 1150. The molecule has 1 aliphatic rings. The van der Waals surface area contributed by atoms with Gasteiger partial charge in [-0.25, -0.2) is 14.4 Å².